The zero-order valence-corrected chi connectivity index (χ0v) is 10.1. The van der Waals surface area contributed by atoms with E-state index in [0.29, 0.717) is 6.54 Å². The average molecular weight is 227 g/mol. The lowest BCUT2D eigenvalue weighted by molar-refractivity contribution is 0.0257. The fourth-order valence-corrected chi connectivity index (χ4v) is 1.78. The van der Waals surface area contributed by atoms with Gasteiger partial charge in [-0.1, -0.05) is 26.0 Å². The van der Waals surface area contributed by atoms with Crippen LogP contribution in [-0.4, -0.2) is 19.0 Å². The van der Waals surface area contributed by atoms with Gasteiger partial charge in [0, 0.05) is 18.7 Å². The minimum Gasteiger partial charge on any atom is -0.365 e. The van der Waals surface area contributed by atoms with Crippen molar-refractivity contribution < 1.29 is 8.78 Å². The zero-order chi connectivity index (χ0) is 12.2. The molecule has 16 heavy (non-hydrogen) atoms. The number of hydrogen-bond acceptors (Lipinski definition) is 1. The van der Waals surface area contributed by atoms with Crippen LogP contribution in [0.2, 0.25) is 0 Å². The highest BCUT2D eigenvalue weighted by atomic mass is 19.3. The van der Waals surface area contributed by atoms with Crippen molar-refractivity contribution in [3.63, 3.8) is 0 Å². The Morgan fingerprint density at radius 1 is 1.25 bits per heavy atom. The second-order valence-electron chi connectivity index (χ2n) is 3.87. The highest BCUT2D eigenvalue weighted by Crippen LogP contribution is 2.30. The predicted octanol–water partition coefficient (Wildman–Crippen LogP) is 3.87. The monoisotopic (exact) mass is 227 g/mol. The number of aryl methyl sites for hydroxylation is 1. The molecule has 1 nitrogen and oxygen atoms in total. The minimum absolute atomic E-state index is 0.0268. The van der Waals surface area contributed by atoms with Crippen LogP contribution in [0.25, 0.3) is 0 Å². The van der Waals surface area contributed by atoms with Gasteiger partial charge >= 0.3 is 0 Å². The van der Waals surface area contributed by atoms with Gasteiger partial charge in [-0.2, -0.15) is 0 Å². The molecule has 0 atom stereocenters. The van der Waals surface area contributed by atoms with Crippen molar-refractivity contribution in [3.05, 3.63) is 29.8 Å². The van der Waals surface area contributed by atoms with Crippen molar-refractivity contribution in [2.45, 2.75) is 33.1 Å². The van der Waals surface area contributed by atoms with Crippen LogP contribution in [-0.2, 0) is 0 Å². The van der Waals surface area contributed by atoms with E-state index >= 15 is 0 Å². The third-order valence-electron chi connectivity index (χ3n) is 2.54. The van der Waals surface area contributed by atoms with Gasteiger partial charge in [0.25, 0.3) is 5.92 Å². The number of hydrogen-bond donors (Lipinski definition) is 0. The van der Waals surface area contributed by atoms with E-state index in [2.05, 4.69) is 0 Å². The lowest BCUT2D eigenvalue weighted by atomic mass is 10.2. The molecule has 0 saturated carbocycles. The molecular weight excluding hydrogens is 208 g/mol. The molecule has 3 heteroatoms. The zero-order valence-electron chi connectivity index (χ0n) is 10.1. The largest absolute Gasteiger partial charge is 0.365 e. The molecule has 0 N–H and O–H groups in total. The fourth-order valence-electron chi connectivity index (χ4n) is 1.78. The van der Waals surface area contributed by atoms with Crippen LogP contribution < -0.4 is 4.90 Å². The molecule has 1 fully saturated rings. The summed E-state index contributed by atoms with van der Waals surface area (Å²) in [6.07, 6.45) is -0.0268. The van der Waals surface area contributed by atoms with Gasteiger partial charge in [-0.05, 0) is 24.6 Å². The van der Waals surface area contributed by atoms with E-state index in [1.54, 1.807) is 4.90 Å². The Morgan fingerprint density at radius 3 is 2.44 bits per heavy atom. The van der Waals surface area contributed by atoms with Crippen LogP contribution in [0.15, 0.2) is 24.3 Å². The Bertz CT molecular complexity index is 336. The molecule has 0 aromatic heterocycles. The number of rotatable bonds is 1. The molecule has 0 bridgehead atoms. The van der Waals surface area contributed by atoms with E-state index in [4.69, 9.17) is 0 Å². The first-order chi connectivity index (χ1) is 7.57. The molecular formula is C13H19F2N. The van der Waals surface area contributed by atoms with Gasteiger partial charge in [0.2, 0.25) is 0 Å². The van der Waals surface area contributed by atoms with Crippen LogP contribution >= 0.6 is 0 Å². The molecule has 1 aliphatic rings. The van der Waals surface area contributed by atoms with Crippen LogP contribution in [0, 0.1) is 6.92 Å². The molecule has 0 aliphatic carbocycles. The molecule has 1 aliphatic heterocycles. The number of nitrogens with zero attached hydrogens (tertiary/aromatic N) is 1. The number of halogens is 2. The van der Waals surface area contributed by atoms with Crippen LogP contribution in [0.5, 0.6) is 0 Å². The van der Waals surface area contributed by atoms with E-state index in [9.17, 15) is 8.78 Å². The normalized spacial score (nSPS) is 17.9. The van der Waals surface area contributed by atoms with Crippen molar-refractivity contribution in [3.8, 4) is 0 Å². The second-order valence-corrected chi connectivity index (χ2v) is 3.87. The van der Waals surface area contributed by atoms with Crippen LogP contribution in [0.4, 0.5) is 14.5 Å². The third-order valence-corrected chi connectivity index (χ3v) is 2.54. The Morgan fingerprint density at radius 2 is 1.94 bits per heavy atom. The molecule has 0 radical (unpaired) electrons. The van der Waals surface area contributed by atoms with Gasteiger partial charge in [-0.3, -0.25) is 0 Å². The molecule has 0 spiro atoms. The topological polar surface area (TPSA) is 3.24 Å². The maximum absolute atomic E-state index is 12.9. The molecule has 1 aromatic carbocycles. The van der Waals surface area contributed by atoms with E-state index in [1.165, 1.54) is 0 Å². The Hall–Kier alpha value is -1.12. The first-order valence-corrected chi connectivity index (χ1v) is 5.76. The lowest BCUT2D eigenvalue weighted by Crippen LogP contribution is -2.24. The van der Waals surface area contributed by atoms with Gasteiger partial charge in [0.05, 0.1) is 6.54 Å². The molecule has 0 unspecified atom stereocenters. The maximum Gasteiger partial charge on any atom is 0.266 e. The smallest absolute Gasteiger partial charge is 0.266 e. The highest BCUT2D eigenvalue weighted by molar-refractivity contribution is 5.49. The van der Waals surface area contributed by atoms with Crippen molar-refractivity contribution in [1.29, 1.82) is 0 Å². The Kier molecular flexibility index (Phi) is 4.27. The summed E-state index contributed by atoms with van der Waals surface area (Å²) in [5.74, 6) is -2.51. The summed E-state index contributed by atoms with van der Waals surface area (Å²) in [5, 5.41) is 0. The summed E-state index contributed by atoms with van der Waals surface area (Å²) in [6, 6.07) is 7.70. The number of alkyl halides is 2. The highest BCUT2D eigenvalue weighted by Gasteiger charge is 2.38. The van der Waals surface area contributed by atoms with Crippen LogP contribution in [0.3, 0.4) is 0 Å². The SMILES string of the molecule is CC.Cc1cccc(N2CCC(F)(F)C2)c1. The molecule has 0 amide bonds. The first kappa shape index (κ1) is 12.9. The molecule has 90 valence electrons. The summed E-state index contributed by atoms with van der Waals surface area (Å²) in [6.45, 7) is 6.28. The minimum atomic E-state index is -2.51. The summed E-state index contributed by atoms with van der Waals surface area (Å²) in [5.41, 5.74) is 2.01. The standard InChI is InChI=1S/C11H13F2N.C2H6/c1-9-3-2-4-10(7-9)14-6-5-11(12,13)8-14;1-2/h2-4,7H,5-6,8H2,1H3;1-2H3. The predicted molar refractivity (Wildman–Crippen MR) is 64.3 cm³/mol. The lowest BCUT2D eigenvalue weighted by Gasteiger charge is -2.18. The maximum atomic E-state index is 12.9. The Balaban J connectivity index is 0.000000606. The van der Waals surface area contributed by atoms with Crippen molar-refractivity contribution >= 4 is 5.69 Å². The van der Waals surface area contributed by atoms with Crippen molar-refractivity contribution in [2.24, 2.45) is 0 Å². The van der Waals surface area contributed by atoms with Gasteiger partial charge in [-0.15, -0.1) is 0 Å². The molecule has 1 saturated heterocycles. The molecule has 1 aromatic rings. The van der Waals surface area contributed by atoms with E-state index in [1.807, 2.05) is 45.0 Å². The fraction of sp³-hybridized carbons (Fsp3) is 0.538. The number of anilines is 1. The molecule has 2 rings (SSSR count). The number of benzene rings is 1. The Labute approximate surface area is 96.1 Å². The van der Waals surface area contributed by atoms with E-state index in [-0.39, 0.29) is 13.0 Å². The summed E-state index contributed by atoms with van der Waals surface area (Å²) >= 11 is 0. The second kappa shape index (κ2) is 5.28. The van der Waals surface area contributed by atoms with Crippen molar-refractivity contribution in [2.75, 3.05) is 18.0 Å². The van der Waals surface area contributed by atoms with E-state index < -0.39 is 5.92 Å². The van der Waals surface area contributed by atoms with E-state index in [0.717, 1.165) is 11.3 Å². The quantitative estimate of drug-likeness (QED) is 0.704. The summed E-state index contributed by atoms with van der Waals surface area (Å²) in [7, 11) is 0. The van der Waals surface area contributed by atoms with Gasteiger partial charge in [-0.25, -0.2) is 8.78 Å². The van der Waals surface area contributed by atoms with Gasteiger partial charge in [0.15, 0.2) is 0 Å². The first-order valence-electron chi connectivity index (χ1n) is 5.76. The average Bonchev–Trinajstić information content (AvgIpc) is 2.62. The van der Waals surface area contributed by atoms with Crippen LogP contribution in [0.1, 0.15) is 25.8 Å². The van der Waals surface area contributed by atoms with Gasteiger partial charge < -0.3 is 4.90 Å². The summed E-state index contributed by atoms with van der Waals surface area (Å²) in [4.78, 5) is 1.74. The summed E-state index contributed by atoms with van der Waals surface area (Å²) < 4.78 is 25.9. The molecule has 1 heterocycles. The van der Waals surface area contributed by atoms with Gasteiger partial charge in [0.1, 0.15) is 0 Å². The van der Waals surface area contributed by atoms with Crippen molar-refractivity contribution in [1.82, 2.24) is 0 Å². The third kappa shape index (κ3) is 3.19.